The number of hydrogen-bond donors (Lipinski definition) is 2. The van der Waals surface area contributed by atoms with Crippen LogP contribution in [0.15, 0.2) is 4.52 Å². The number of nitrogens with one attached hydrogen (secondary N) is 1. The number of amides is 1. The van der Waals surface area contributed by atoms with Gasteiger partial charge in [0.1, 0.15) is 5.76 Å². The quantitative estimate of drug-likeness (QED) is 0.803. The lowest BCUT2D eigenvalue weighted by Crippen LogP contribution is -2.28. The smallest absolute Gasteiger partial charge is 0.307 e. The van der Waals surface area contributed by atoms with Gasteiger partial charge in [0.05, 0.1) is 17.5 Å². The molecule has 0 aliphatic heterocycles. The maximum absolute atomic E-state index is 11.6. The standard InChI is InChI=1S/C12H16N2O4/c1-6-8(7(2)18-14-6)3-4-13-11(15)9-5-10(9)12(16)17/h9-10H,3-5H2,1-2H3,(H,13,15)(H,16,17)/t9-,10-/m1/s1. The SMILES string of the molecule is Cc1noc(C)c1CCNC(=O)[C@@H]1C[C@H]1C(=O)O. The van der Waals surface area contributed by atoms with Crippen LogP contribution in [0.4, 0.5) is 0 Å². The molecule has 1 saturated carbocycles. The van der Waals surface area contributed by atoms with E-state index in [1.807, 2.05) is 13.8 Å². The maximum atomic E-state index is 11.6. The van der Waals surface area contributed by atoms with Gasteiger partial charge in [0.25, 0.3) is 0 Å². The second-order valence-corrected chi connectivity index (χ2v) is 4.63. The summed E-state index contributed by atoms with van der Waals surface area (Å²) < 4.78 is 5.02. The molecule has 2 N–H and O–H groups in total. The monoisotopic (exact) mass is 252 g/mol. The van der Waals surface area contributed by atoms with Crippen molar-refractivity contribution < 1.29 is 19.2 Å². The molecule has 0 bridgehead atoms. The molecule has 1 aromatic heterocycles. The van der Waals surface area contributed by atoms with Gasteiger partial charge in [0.15, 0.2) is 0 Å². The fourth-order valence-electron chi connectivity index (χ4n) is 2.06. The number of hydrogen-bond acceptors (Lipinski definition) is 4. The van der Waals surface area contributed by atoms with E-state index in [2.05, 4.69) is 10.5 Å². The highest BCUT2D eigenvalue weighted by molar-refractivity contribution is 5.89. The largest absolute Gasteiger partial charge is 0.481 e. The molecule has 0 saturated heterocycles. The van der Waals surface area contributed by atoms with Crippen LogP contribution in [0.25, 0.3) is 0 Å². The zero-order valence-electron chi connectivity index (χ0n) is 10.4. The lowest BCUT2D eigenvalue weighted by molar-refractivity contribution is -0.140. The van der Waals surface area contributed by atoms with Crippen LogP contribution >= 0.6 is 0 Å². The predicted molar refractivity (Wildman–Crippen MR) is 61.9 cm³/mol. The van der Waals surface area contributed by atoms with E-state index in [1.165, 1.54) is 0 Å². The minimum atomic E-state index is -0.888. The third-order valence-corrected chi connectivity index (χ3v) is 3.30. The van der Waals surface area contributed by atoms with Crippen molar-refractivity contribution in [3.05, 3.63) is 17.0 Å². The van der Waals surface area contributed by atoms with Gasteiger partial charge in [-0.15, -0.1) is 0 Å². The summed E-state index contributed by atoms with van der Waals surface area (Å²) in [6.45, 7) is 4.16. The maximum Gasteiger partial charge on any atom is 0.307 e. The zero-order valence-corrected chi connectivity index (χ0v) is 10.4. The Hall–Kier alpha value is -1.85. The average molecular weight is 252 g/mol. The van der Waals surface area contributed by atoms with E-state index in [0.29, 0.717) is 19.4 Å². The van der Waals surface area contributed by atoms with Crippen LogP contribution in [-0.2, 0) is 16.0 Å². The average Bonchev–Trinajstić information content (AvgIpc) is 3.05. The Bertz CT molecular complexity index is 461. The van der Waals surface area contributed by atoms with E-state index in [4.69, 9.17) is 9.63 Å². The molecule has 18 heavy (non-hydrogen) atoms. The molecule has 6 heteroatoms. The molecule has 1 aliphatic carbocycles. The molecule has 0 spiro atoms. The van der Waals surface area contributed by atoms with E-state index >= 15 is 0 Å². The van der Waals surface area contributed by atoms with E-state index in [0.717, 1.165) is 17.0 Å². The summed E-state index contributed by atoms with van der Waals surface area (Å²) in [7, 11) is 0. The summed E-state index contributed by atoms with van der Waals surface area (Å²) in [6, 6.07) is 0. The number of carboxylic acid groups (broad SMARTS) is 1. The molecule has 6 nitrogen and oxygen atoms in total. The minimum Gasteiger partial charge on any atom is -0.481 e. The fraction of sp³-hybridized carbons (Fsp3) is 0.583. The zero-order chi connectivity index (χ0) is 13.3. The van der Waals surface area contributed by atoms with Gasteiger partial charge < -0.3 is 14.9 Å². The fourth-order valence-corrected chi connectivity index (χ4v) is 2.06. The molecule has 1 fully saturated rings. The Kier molecular flexibility index (Phi) is 3.36. The summed E-state index contributed by atoms with van der Waals surface area (Å²) in [5.41, 5.74) is 1.83. The lowest BCUT2D eigenvalue weighted by Gasteiger charge is -2.04. The number of carbonyl (C=O) groups is 2. The van der Waals surface area contributed by atoms with E-state index in [1.54, 1.807) is 0 Å². The van der Waals surface area contributed by atoms with Crippen LogP contribution < -0.4 is 5.32 Å². The Morgan fingerprint density at radius 3 is 2.67 bits per heavy atom. The number of aromatic nitrogens is 1. The van der Waals surface area contributed by atoms with Crippen molar-refractivity contribution in [3.63, 3.8) is 0 Å². The second kappa shape index (κ2) is 4.80. The van der Waals surface area contributed by atoms with Crippen molar-refractivity contribution in [2.75, 3.05) is 6.54 Å². The van der Waals surface area contributed by atoms with Gasteiger partial charge in [-0.05, 0) is 26.7 Å². The molecule has 0 aromatic carbocycles. The third-order valence-electron chi connectivity index (χ3n) is 3.30. The third kappa shape index (κ3) is 2.52. The second-order valence-electron chi connectivity index (χ2n) is 4.63. The van der Waals surface area contributed by atoms with Crippen LogP contribution in [0.1, 0.15) is 23.4 Å². The van der Waals surface area contributed by atoms with Crippen LogP contribution in [0.3, 0.4) is 0 Å². The summed E-state index contributed by atoms with van der Waals surface area (Å²) in [4.78, 5) is 22.2. The van der Waals surface area contributed by atoms with Gasteiger partial charge >= 0.3 is 5.97 Å². The van der Waals surface area contributed by atoms with Gasteiger partial charge in [-0.25, -0.2) is 0 Å². The highest BCUT2D eigenvalue weighted by Gasteiger charge is 2.48. The topological polar surface area (TPSA) is 92.4 Å². The van der Waals surface area contributed by atoms with Crippen molar-refractivity contribution in [1.29, 1.82) is 0 Å². The van der Waals surface area contributed by atoms with Crippen molar-refractivity contribution in [2.45, 2.75) is 26.7 Å². The molecular weight excluding hydrogens is 236 g/mol. The summed E-state index contributed by atoms with van der Waals surface area (Å²) >= 11 is 0. The van der Waals surface area contributed by atoms with Gasteiger partial charge in [0.2, 0.25) is 5.91 Å². The summed E-state index contributed by atoms with van der Waals surface area (Å²) in [5.74, 6) is -1.15. The molecule has 1 heterocycles. The van der Waals surface area contributed by atoms with Crippen molar-refractivity contribution in [1.82, 2.24) is 10.5 Å². The van der Waals surface area contributed by atoms with Crippen LogP contribution in [-0.4, -0.2) is 28.7 Å². The first kappa shape index (κ1) is 12.6. The molecule has 1 aliphatic rings. The first-order chi connectivity index (χ1) is 8.50. The number of carboxylic acids is 1. The number of aliphatic carboxylic acids is 1. The van der Waals surface area contributed by atoms with E-state index < -0.39 is 11.9 Å². The lowest BCUT2D eigenvalue weighted by atomic mass is 10.1. The van der Waals surface area contributed by atoms with Crippen molar-refractivity contribution in [3.8, 4) is 0 Å². The molecule has 2 atom stereocenters. The Morgan fingerprint density at radius 1 is 1.44 bits per heavy atom. The first-order valence-corrected chi connectivity index (χ1v) is 5.93. The molecule has 0 radical (unpaired) electrons. The van der Waals surface area contributed by atoms with Gasteiger partial charge in [0, 0.05) is 12.1 Å². The number of nitrogens with zero attached hydrogens (tertiary/aromatic N) is 1. The predicted octanol–water partition coefficient (Wildman–Crippen LogP) is 0.671. The van der Waals surface area contributed by atoms with Crippen LogP contribution in [0, 0.1) is 25.7 Å². The van der Waals surface area contributed by atoms with Crippen LogP contribution in [0.2, 0.25) is 0 Å². The number of aryl methyl sites for hydroxylation is 2. The van der Waals surface area contributed by atoms with Gasteiger partial charge in [-0.2, -0.15) is 0 Å². The molecular formula is C12H16N2O4. The molecule has 1 amide bonds. The van der Waals surface area contributed by atoms with Crippen molar-refractivity contribution in [2.24, 2.45) is 11.8 Å². The molecule has 98 valence electrons. The molecule has 2 rings (SSSR count). The Morgan fingerprint density at radius 2 is 2.17 bits per heavy atom. The summed E-state index contributed by atoms with van der Waals surface area (Å²) in [5, 5.41) is 15.3. The van der Waals surface area contributed by atoms with Crippen molar-refractivity contribution >= 4 is 11.9 Å². The van der Waals surface area contributed by atoms with Gasteiger partial charge in [-0.3, -0.25) is 9.59 Å². The first-order valence-electron chi connectivity index (χ1n) is 5.93. The van der Waals surface area contributed by atoms with Gasteiger partial charge in [-0.1, -0.05) is 5.16 Å². The summed E-state index contributed by atoms with van der Waals surface area (Å²) in [6.07, 6.45) is 1.10. The number of rotatable bonds is 5. The normalized spacial score (nSPS) is 21.7. The van der Waals surface area contributed by atoms with Crippen LogP contribution in [0.5, 0.6) is 0 Å². The van der Waals surface area contributed by atoms with E-state index in [9.17, 15) is 9.59 Å². The minimum absolute atomic E-state index is 0.172. The highest BCUT2D eigenvalue weighted by Crippen LogP contribution is 2.38. The molecule has 1 aromatic rings. The number of carbonyl (C=O) groups excluding carboxylic acids is 1. The highest BCUT2D eigenvalue weighted by atomic mass is 16.5. The van der Waals surface area contributed by atoms with E-state index in [-0.39, 0.29) is 11.8 Å². The Labute approximate surface area is 104 Å². The Balaban J connectivity index is 1.77. The molecule has 0 unspecified atom stereocenters.